The fourth-order valence-corrected chi connectivity index (χ4v) is 2.70. The second-order valence-electron chi connectivity index (χ2n) is 5.14. The summed E-state index contributed by atoms with van der Waals surface area (Å²) in [5.74, 6) is 1.43. The van der Waals surface area contributed by atoms with Crippen LogP contribution in [-0.2, 0) is 19.3 Å². The molecule has 4 heteroatoms. The predicted molar refractivity (Wildman–Crippen MR) is 73.0 cm³/mol. The van der Waals surface area contributed by atoms with Gasteiger partial charge in [0.05, 0.1) is 0 Å². The van der Waals surface area contributed by atoms with Crippen molar-refractivity contribution in [3.63, 3.8) is 0 Å². The lowest BCUT2D eigenvalue weighted by atomic mass is 9.88. The molecule has 1 aliphatic rings. The normalized spacial score (nSPS) is 18.3. The van der Waals surface area contributed by atoms with Gasteiger partial charge in [-0.1, -0.05) is 29.4 Å². The number of fused-ring (bicyclic) bond motifs is 1. The highest BCUT2D eigenvalue weighted by Crippen LogP contribution is 2.20. The van der Waals surface area contributed by atoms with Crippen LogP contribution in [0.2, 0.25) is 0 Å². The molecule has 1 unspecified atom stereocenters. The van der Waals surface area contributed by atoms with Gasteiger partial charge in [0.15, 0.2) is 5.82 Å². The van der Waals surface area contributed by atoms with E-state index >= 15 is 0 Å². The van der Waals surface area contributed by atoms with Gasteiger partial charge in [-0.05, 0) is 30.4 Å². The van der Waals surface area contributed by atoms with E-state index in [1.165, 1.54) is 24.0 Å². The summed E-state index contributed by atoms with van der Waals surface area (Å²) in [6.45, 7) is 2.73. The number of benzene rings is 1. The molecule has 0 radical (unpaired) electrons. The van der Waals surface area contributed by atoms with Crippen molar-refractivity contribution in [2.75, 3.05) is 6.54 Å². The second kappa shape index (κ2) is 5.53. The van der Waals surface area contributed by atoms with Gasteiger partial charge >= 0.3 is 0 Å². The van der Waals surface area contributed by atoms with Gasteiger partial charge in [0, 0.05) is 25.9 Å². The zero-order chi connectivity index (χ0) is 13.1. The Balaban J connectivity index is 1.50. The average Bonchev–Trinajstić information content (AvgIpc) is 2.84. The summed E-state index contributed by atoms with van der Waals surface area (Å²) >= 11 is 0. The van der Waals surface area contributed by atoms with Crippen LogP contribution in [0.3, 0.4) is 0 Å². The molecule has 0 fully saturated rings. The molecule has 0 spiro atoms. The van der Waals surface area contributed by atoms with Gasteiger partial charge in [-0.3, -0.25) is 0 Å². The largest absolute Gasteiger partial charge is 0.340 e. The summed E-state index contributed by atoms with van der Waals surface area (Å²) in [4.78, 5) is 4.21. The van der Waals surface area contributed by atoms with Gasteiger partial charge < -0.3 is 9.84 Å². The smallest absolute Gasteiger partial charge is 0.223 e. The maximum absolute atomic E-state index is 4.96. The summed E-state index contributed by atoms with van der Waals surface area (Å²) < 4.78 is 4.96. The van der Waals surface area contributed by atoms with E-state index in [0.717, 1.165) is 25.2 Å². The quantitative estimate of drug-likeness (QED) is 0.911. The van der Waals surface area contributed by atoms with Crippen LogP contribution in [0.4, 0.5) is 0 Å². The molecule has 1 heterocycles. The Morgan fingerprint density at radius 2 is 2.16 bits per heavy atom. The highest BCUT2D eigenvalue weighted by atomic mass is 16.5. The van der Waals surface area contributed by atoms with Crippen molar-refractivity contribution in [1.29, 1.82) is 0 Å². The van der Waals surface area contributed by atoms with Crippen LogP contribution < -0.4 is 5.32 Å². The number of hydrogen-bond acceptors (Lipinski definition) is 4. The van der Waals surface area contributed by atoms with Gasteiger partial charge in [0.2, 0.25) is 5.89 Å². The molecule has 1 aliphatic carbocycles. The fourth-order valence-electron chi connectivity index (χ4n) is 2.70. The lowest BCUT2D eigenvalue weighted by Gasteiger charge is -2.25. The molecule has 100 valence electrons. The van der Waals surface area contributed by atoms with Gasteiger partial charge in [-0.25, -0.2) is 0 Å². The lowest BCUT2D eigenvalue weighted by molar-refractivity contribution is 0.385. The van der Waals surface area contributed by atoms with Gasteiger partial charge in [0.1, 0.15) is 0 Å². The van der Waals surface area contributed by atoms with E-state index in [4.69, 9.17) is 4.52 Å². The average molecular weight is 257 g/mol. The zero-order valence-corrected chi connectivity index (χ0v) is 11.2. The summed E-state index contributed by atoms with van der Waals surface area (Å²) in [5, 5.41) is 7.51. The van der Waals surface area contributed by atoms with E-state index in [-0.39, 0.29) is 0 Å². The molecule has 1 aromatic carbocycles. The molecule has 1 atom stereocenters. The molecule has 1 aromatic heterocycles. The standard InChI is InChI=1S/C15H19N3O/c1-11-17-15(18-19-11)8-9-16-14-7-6-12-4-2-3-5-13(12)10-14/h2-5,14,16H,6-10H2,1H3. The number of aryl methyl sites for hydroxylation is 2. The Morgan fingerprint density at radius 1 is 1.32 bits per heavy atom. The molecule has 0 saturated carbocycles. The van der Waals surface area contributed by atoms with E-state index in [9.17, 15) is 0 Å². The molecule has 0 bridgehead atoms. The Bertz CT molecular complexity index is 550. The van der Waals surface area contributed by atoms with Crippen LogP contribution in [-0.4, -0.2) is 22.7 Å². The van der Waals surface area contributed by atoms with E-state index in [0.29, 0.717) is 11.9 Å². The Morgan fingerprint density at radius 3 is 2.95 bits per heavy atom. The first kappa shape index (κ1) is 12.4. The van der Waals surface area contributed by atoms with Crippen LogP contribution >= 0.6 is 0 Å². The Hall–Kier alpha value is -1.68. The zero-order valence-electron chi connectivity index (χ0n) is 11.2. The molecule has 1 N–H and O–H groups in total. The molecule has 0 saturated heterocycles. The van der Waals surface area contributed by atoms with Crippen molar-refractivity contribution in [3.05, 3.63) is 47.1 Å². The van der Waals surface area contributed by atoms with Crippen LogP contribution in [0, 0.1) is 6.92 Å². The van der Waals surface area contributed by atoms with Gasteiger partial charge in [-0.2, -0.15) is 4.98 Å². The van der Waals surface area contributed by atoms with Gasteiger partial charge in [-0.15, -0.1) is 0 Å². The topological polar surface area (TPSA) is 51.0 Å². The number of nitrogens with one attached hydrogen (secondary N) is 1. The molecule has 2 aromatic rings. The first-order valence-corrected chi connectivity index (χ1v) is 6.90. The molecular weight excluding hydrogens is 238 g/mol. The maximum Gasteiger partial charge on any atom is 0.223 e. The van der Waals surface area contributed by atoms with E-state index in [1.807, 2.05) is 6.92 Å². The van der Waals surface area contributed by atoms with Crippen molar-refractivity contribution < 1.29 is 4.52 Å². The second-order valence-corrected chi connectivity index (χ2v) is 5.14. The highest BCUT2D eigenvalue weighted by Gasteiger charge is 2.17. The summed E-state index contributed by atoms with van der Waals surface area (Å²) in [6, 6.07) is 9.32. The van der Waals surface area contributed by atoms with Crippen LogP contribution in [0.15, 0.2) is 28.8 Å². The first-order valence-electron chi connectivity index (χ1n) is 6.90. The maximum atomic E-state index is 4.96. The van der Waals surface area contributed by atoms with Crippen molar-refractivity contribution >= 4 is 0 Å². The molecular formula is C15H19N3O. The molecule has 0 aliphatic heterocycles. The molecule has 0 amide bonds. The fraction of sp³-hybridized carbons (Fsp3) is 0.467. The lowest BCUT2D eigenvalue weighted by Crippen LogP contribution is -2.35. The minimum atomic E-state index is 0.572. The van der Waals surface area contributed by atoms with E-state index in [1.54, 1.807) is 0 Å². The molecule has 4 nitrogen and oxygen atoms in total. The molecule has 19 heavy (non-hydrogen) atoms. The minimum absolute atomic E-state index is 0.572. The van der Waals surface area contributed by atoms with E-state index in [2.05, 4.69) is 39.7 Å². The van der Waals surface area contributed by atoms with E-state index < -0.39 is 0 Å². The highest BCUT2D eigenvalue weighted by molar-refractivity contribution is 5.30. The summed E-state index contributed by atoms with van der Waals surface area (Å²) in [7, 11) is 0. The Kier molecular flexibility index (Phi) is 3.60. The van der Waals surface area contributed by atoms with Crippen molar-refractivity contribution in [3.8, 4) is 0 Å². The Labute approximate surface area is 113 Å². The summed E-state index contributed by atoms with van der Waals surface area (Å²) in [6.07, 6.45) is 4.34. The number of aromatic nitrogens is 2. The number of rotatable bonds is 4. The third kappa shape index (κ3) is 3.01. The number of hydrogen-bond donors (Lipinski definition) is 1. The van der Waals surface area contributed by atoms with Crippen LogP contribution in [0.1, 0.15) is 29.3 Å². The predicted octanol–water partition coefficient (Wildman–Crippen LogP) is 2.07. The van der Waals surface area contributed by atoms with Gasteiger partial charge in [0.25, 0.3) is 0 Å². The van der Waals surface area contributed by atoms with Crippen LogP contribution in [0.5, 0.6) is 0 Å². The third-order valence-corrected chi connectivity index (χ3v) is 3.70. The monoisotopic (exact) mass is 257 g/mol. The van der Waals surface area contributed by atoms with Crippen molar-refractivity contribution in [1.82, 2.24) is 15.5 Å². The third-order valence-electron chi connectivity index (χ3n) is 3.70. The van der Waals surface area contributed by atoms with Crippen molar-refractivity contribution in [2.45, 2.75) is 38.6 Å². The SMILES string of the molecule is Cc1nc(CCNC2CCc3ccccc3C2)no1. The first-order chi connectivity index (χ1) is 9.31. The van der Waals surface area contributed by atoms with Crippen molar-refractivity contribution in [2.24, 2.45) is 0 Å². The minimum Gasteiger partial charge on any atom is -0.340 e. The van der Waals surface area contributed by atoms with Crippen LogP contribution in [0.25, 0.3) is 0 Å². The summed E-state index contributed by atoms with van der Waals surface area (Å²) in [5.41, 5.74) is 3.00. The molecule has 3 rings (SSSR count). The number of nitrogens with zero attached hydrogens (tertiary/aromatic N) is 2.